The van der Waals surface area contributed by atoms with Crippen molar-refractivity contribution in [2.45, 2.75) is 38.8 Å². The van der Waals surface area contributed by atoms with Crippen molar-refractivity contribution in [2.75, 3.05) is 27.2 Å². The van der Waals surface area contributed by atoms with Crippen LogP contribution in [-0.4, -0.2) is 67.9 Å². The highest BCUT2D eigenvalue weighted by Crippen LogP contribution is 2.17. The van der Waals surface area contributed by atoms with Crippen LogP contribution in [0.4, 0.5) is 0 Å². The topological polar surface area (TPSA) is 117 Å². The van der Waals surface area contributed by atoms with Crippen LogP contribution in [0.2, 0.25) is 0 Å². The third kappa shape index (κ3) is 5.71. The Balaban J connectivity index is 1.95. The molecule has 0 spiro atoms. The fourth-order valence-electron chi connectivity index (χ4n) is 3.38. The maximum atomic E-state index is 12.6. The van der Waals surface area contributed by atoms with Crippen molar-refractivity contribution in [3.63, 3.8) is 0 Å². The zero-order valence-electron chi connectivity index (χ0n) is 17.9. The molecule has 0 saturated carbocycles. The number of hydrogen-bond acceptors (Lipinski definition) is 5. The van der Waals surface area contributed by atoms with Gasteiger partial charge in [0.1, 0.15) is 17.8 Å². The number of ether oxygens (including phenoxy) is 1. The van der Waals surface area contributed by atoms with E-state index in [1.807, 2.05) is 13.8 Å². The first kappa shape index (κ1) is 23.2. The highest BCUT2D eigenvalue weighted by molar-refractivity contribution is 5.98. The number of likely N-dealkylation sites (N-methyl/N-ethyl adjacent to an activating group) is 1. The van der Waals surface area contributed by atoms with Crippen molar-refractivity contribution in [3.05, 3.63) is 29.8 Å². The zero-order chi connectivity index (χ0) is 22.3. The minimum atomic E-state index is -0.805. The number of rotatable bonds is 8. The predicted molar refractivity (Wildman–Crippen MR) is 111 cm³/mol. The Kier molecular flexibility index (Phi) is 8.20. The van der Waals surface area contributed by atoms with E-state index in [2.05, 4.69) is 16.0 Å². The average molecular weight is 418 g/mol. The molecule has 1 aliphatic rings. The number of amides is 4. The molecule has 1 aliphatic heterocycles. The summed E-state index contributed by atoms with van der Waals surface area (Å²) in [7, 11) is 3.07. The molecule has 0 aliphatic carbocycles. The van der Waals surface area contributed by atoms with Crippen molar-refractivity contribution in [1.82, 2.24) is 20.9 Å². The van der Waals surface area contributed by atoms with E-state index in [-0.39, 0.29) is 24.3 Å². The summed E-state index contributed by atoms with van der Waals surface area (Å²) < 4.78 is 5.08. The van der Waals surface area contributed by atoms with Gasteiger partial charge in [-0.15, -0.1) is 0 Å². The van der Waals surface area contributed by atoms with Gasteiger partial charge in [-0.2, -0.15) is 0 Å². The standard InChI is InChI=1S/C21H30N4O5/c1-13(2)18(24-19(27)14-7-9-15(30-4)10-8-14)21(29)23-12-17(26)25-11-5-6-16(25)20(28)22-3/h7-10,13,16,18H,5-6,11-12H2,1-4H3,(H,22,28)(H,23,29)(H,24,27). The predicted octanol–water partition coefficient (Wildman–Crippen LogP) is 0.303. The Morgan fingerprint density at radius 2 is 1.83 bits per heavy atom. The van der Waals surface area contributed by atoms with Crippen molar-refractivity contribution in [1.29, 1.82) is 0 Å². The van der Waals surface area contributed by atoms with Crippen LogP contribution in [0.3, 0.4) is 0 Å². The molecular formula is C21H30N4O5. The van der Waals surface area contributed by atoms with Gasteiger partial charge in [-0.1, -0.05) is 13.8 Å². The van der Waals surface area contributed by atoms with Crippen molar-refractivity contribution >= 4 is 23.6 Å². The van der Waals surface area contributed by atoms with Gasteiger partial charge in [0.2, 0.25) is 17.7 Å². The van der Waals surface area contributed by atoms with Gasteiger partial charge in [-0.3, -0.25) is 19.2 Å². The molecule has 1 aromatic rings. The van der Waals surface area contributed by atoms with Crippen LogP contribution in [0, 0.1) is 5.92 Å². The molecule has 30 heavy (non-hydrogen) atoms. The highest BCUT2D eigenvalue weighted by atomic mass is 16.5. The van der Waals surface area contributed by atoms with Crippen LogP contribution in [0.1, 0.15) is 37.0 Å². The van der Waals surface area contributed by atoms with Crippen molar-refractivity contribution < 1.29 is 23.9 Å². The largest absolute Gasteiger partial charge is 0.497 e. The van der Waals surface area contributed by atoms with Crippen LogP contribution in [0.15, 0.2) is 24.3 Å². The van der Waals surface area contributed by atoms with Gasteiger partial charge in [0.15, 0.2) is 0 Å². The Bertz CT molecular complexity index is 778. The highest BCUT2D eigenvalue weighted by Gasteiger charge is 2.34. The van der Waals surface area contributed by atoms with Gasteiger partial charge in [0, 0.05) is 19.2 Å². The third-order valence-corrected chi connectivity index (χ3v) is 5.12. The van der Waals surface area contributed by atoms with E-state index in [1.54, 1.807) is 24.3 Å². The van der Waals surface area contributed by atoms with E-state index in [1.165, 1.54) is 19.1 Å². The lowest BCUT2D eigenvalue weighted by atomic mass is 10.0. The molecule has 2 rings (SSSR count). The average Bonchev–Trinajstić information content (AvgIpc) is 3.24. The zero-order valence-corrected chi connectivity index (χ0v) is 17.9. The monoisotopic (exact) mass is 418 g/mol. The molecule has 2 unspecified atom stereocenters. The molecule has 3 N–H and O–H groups in total. The Labute approximate surface area is 176 Å². The lowest BCUT2D eigenvalue weighted by Crippen LogP contribution is -2.53. The summed E-state index contributed by atoms with van der Waals surface area (Å²) in [5.41, 5.74) is 0.399. The summed E-state index contributed by atoms with van der Waals surface area (Å²) >= 11 is 0. The molecule has 9 nitrogen and oxygen atoms in total. The summed E-state index contributed by atoms with van der Waals surface area (Å²) in [4.78, 5) is 51.1. The van der Waals surface area contributed by atoms with Gasteiger partial charge in [0.25, 0.3) is 5.91 Å². The van der Waals surface area contributed by atoms with E-state index >= 15 is 0 Å². The smallest absolute Gasteiger partial charge is 0.251 e. The second-order valence-electron chi connectivity index (χ2n) is 7.50. The summed E-state index contributed by atoms with van der Waals surface area (Å²) in [6.45, 7) is 3.87. The number of carbonyl (C=O) groups excluding carboxylic acids is 4. The molecule has 1 heterocycles. The molecule has 1 aromatic carbocycles. The van der Waals surface area contributed by atoms with Gasteiger partial charge < -0.3 is 25.6 Å². The number of methoxy groups -OCH3 is 1. The molecule has 9 heteroatoms. The first-order valence-electron chi connectivity index (χ1n) is 10.0. The molecule has 4 amide bonds. The molecule has 1 saturated heterocycles. The van der Waals surface area contributed by atoms with Crippen molar-refractivity contribution in [3.8, 4) is 5.75 Å². The molecule has 164 valence electrons. The number of hydrogen-bond donors (Lipinski definition) is 3. The van der Waals surface area contributed by atoms with Crippen LogP contribution in [0.5, 0.6) is 5.75 Å². The summed E-state index contributed by atoms with van der Waals surface area (Å²) in [5.74, 6) is -0.932. The minimum absolute atomic E-state index is 0.187. The van der Waals surface area contributed by atoms with E-state index in [0.29, 0.717) is 24.3 Å². The molecule has 0 aromatic heterocycles. The number of carbonyl (C=O) groups is 4. The fourth-order valence-corrected chi connectivity index (χ4v) is 3.38. The van der Waals surface area contributed by atoms with Crippen LogP contribution in [0.25, 0.3) is 0 Å². The molecular weight excluding hydrogens is 388 g/mol. The first-order chi connectivity index (χ1) is 14.3. The van der Waals surface area contributed by atoms with Crippen LogP contribution in [-0.2, 0) is 14.4 Å². The molecule has 0 bridgehead atoms. The third-order valence-electron chi connectivity index (χ3n) is 5.12. The van der Waals surface area contributed by atoms with Crippen LogP contribution >= 0.6 is 0 Å². The lowest BCUT2D eigenvalue weighted by molar-refractivity contribution is -0.138. The Morgan fingerprint density at radius 3 is 2.40 bits per heavy atom. The van der Waals surface area contributed by atoms with Gasteiger partial charge >= 0.3 is 0 Å². The van der Waals surface area contributed by atoms with E-state index in [0.717, 1.165) is 6.42 Å². The minimum Gasteiger partial charge on any atom is -0.497 e. The maximum absolute atomic E-state index is 12.6. The summed E-state index contributed by atoms with van der Waals surface area (Å²) in [5, 5.41) is 7.87. The molecule has 1 fully saturated rings. The first-order valence-corrected chi connectivity index (χ1v) is 10.0. The number of nitrogens with zero attached hydrogens (tertiary/aromatic N) is 1. The maximum Gasteiger partial charge on any atom is 0.251 e. The van der Waals surface area contributed by atoms with Gasteiger partial charge in [0.05, 0.1) is 13.7 Å². The van der Waals surface area contributed by atoms with Crippen LogP contribution < -0.4 is 20.7 Å². The lowest BCUT2D eigenvalue weighted by Gasteiger charge is -2.25. The van der Waals surface area contributed by atoms with E-state index in [4.69, 9.17) is 4.74 Å². The summed E-state index contributed by atoms with van der Waals surface area (Å²) in [6, 6.07) is 5.24. The van der Waals surface area contributed by atoms with Gasteiger partial charge in [-0.05, 0) is 43.0 Å². The number of benzene rings is 1. The summed E-state index contributed by atoms with van der Waals surface area (Å²) in [6.07, 6.45) is 1.34. The second-order valence-corrected chi connectivity index (χ2v) is 7.50. The normalized spacial score (nSPS) is 16.7. The van der Waals surface area contributed by atoms with E-state index < -0.39 is 23.9 Å². The SMILES string of the molecule is CNC(=O)C1CCCN1C(=O)CNC(=O)C(NC(=O)c1ccc(OC)cc1)C(C)C. The quantitative estimate of drug-likeness (QED) is 0.562. The van der Waals surface area contributed by atoms with Crippen molar-refractivity contribution in [2.24, 2.45) is 5.92 Å². The Morgan fingerprint density at radius 1 is 1.17 bits per heavy atom. The number of likely N-dealkylation sites (tertiary alicyclic amines) is 1. The Hall–Kier alpha value is -3.10. The molecule has 2 atom stereocenters. The van der Waals surface area contributed by atoms with E-state index in [9.17, 15) is 19.2 Å². The number of nitrogens with one attached hydrogen (secondary N) is 3. The fraction of sp³-hybridized carbons (Fsp3) is 0.524. The van der Waals surface area contributed by atoms with Gasteiger partial charge in [-0.25, -0.2) is 0 Å². The second kappa shape index (κ2) is 10.6. The molecule has 0 radical (unpaired) electrons.